The van der Waals surface area contributed by atoms with Gasteiger partial charge in [-0.1, -0.05) is 13.3 Å². The standard InChI is InChI=1S/C15H29N3O3/c1-4-5-7-19-9-11-21-12-10-20-8-6-16-15-13-18(3)17-14(15)2/h13,16H,4-12H2,1-3H3. The summed E-state index contributed by atoms with van der Waals surface area (Å²) in [5.74, 6) is 0. The molecule has 0 spiro atoms. The van der Waals surface area contributed by atoms with Crippen LogP contribution >= 0.6 is 0 Å². The van der Waals surface area contributed by atoms with Gasteiger partial charge >= 0.3 is 0 Å². The molecule has 1 heterocycles. The molecule has 0 aliphatic heterocycles. The number of unbranched alkanes of at least 4 members (excludes halogenated alkanes) is 1. The summed E-state index contributed by atoms with van der Waals surface area (Å²) < 4.78 is 18.1. The van der Waals surface area contributed by atoms with E-state index in [4.69, 9.17) is 14.2 Å². The van der Waals surface area contributed by atoms with Gasteiger partial charge in [-0.2, -0.15) is 5.10 Å². The molecule has 0 fully saturated rings. The molecule has 122 valence electrons. The zero-order valence-corrected chi connectivity index (χ0v) is 13.6. The van der Waals surface area contributed by atoms with Gasteiger partial charge in [0.15, 0.2) is 0 Å². The zero-order chi connectivity index (χ0) is 15.3. The lowest BCUT2D eigenvalue weighted by molar-refractivity contribution is 0.0159. The van der Waals surface area contributed by atoms with Crippen molar-refractivity contribution in [3.05, 3.63) is 11.9 Å². The molecule has 0 bridgehead atoms. The summed E-state index contributed by atoms with van der Waals surface area (Å²) in [4.78, 5) is 0. The summed E-state index contributed by atoms with van der Waals surface area (Å²) >= 11 is 0. The van der Waals surface area contributed by atoms with Crippen LogP contribution < -0.4 is 5.32 Å². The van der Waals surface area contributed by atoms with Gasteiger partial charge in [0.2, 0.25) is 0 Å². The van der Waals surface area contributed by atoms with Crippen LogP contribution in [-0.2, 0) is 21.3 Å². The summed E-state index contributed by atoms with van der Waals surface area (Å²) in [5.41, 5.74) is 2.06. The van der Waals surface area contributed by atoms with Gasteiger partial charge in [-0.15, -0.1) is 0 Å². The summed E-state index contributed by atoms with van der Waals surface area (Å²) in [6.45, 7) is 8.93. The molecule has 0 saturated heterocycles. The van der Waals surface area contributed by atoms with Crippen LogP contribution in [0.15, 0.2) is 6.20 Å². The van der Waals surface area contributed by atoms with Crippen molar-refractivity contribution in [3.63, 3.8) is 0 Å². The number of aromatic nitrogens is 2. The Balaban J connectivity index is 1.84. The van der Waals surface area contributed by atoms with Gasteiger partial charge in [-0.05, 0) is 13.3 Å². The number of rotatable bonds is 13. The summed E-state index contributed by atoms with van der Waals surface area (Å²) in [5, 5.41) is 7.56. The summed E-state index contributed by atoms with van der Waals surface area (Å²) in [6.07, 6.45) is 4.25. The van der Waals surface area contributed by atoms with E-state index in [0.717, 1.165) is 31.0 Å². The first-order valence-corrected chi connectivity index (χ1v) is 7.71. The molecule has 0 unspecified atom stereocenters. The molecule has 1 aromatic heterocycles. The van der Waals surface area contributed by atoms with Crippen LogP contribution in [0.2, 0.25) is 0 Å². The van der Waals surface area contributed by atoms with Crippen molar-refractivity contribution in [2.45, 2.75) is 26.7 Å². The average molecular weight is 299 g/mol. The minimum absolute atomic E-state index is 0.614. The van der Waals surface area contributed by atoms with Crippen molar-refractivity contribution >= 4 is 5.69 Å². The lowest BCUT2D eigenvalue weighted by Gasteiger charge is -2.07. The fourth-order valence-electron chi connectivity index (χ4n) is 1.82. The number of nitrogens with zero attached hydrogens (tertiary/aromatic N) is 2. The molecule has 1 rings (SSSR count). The molecule has 0 amide bonds. The molecule has 1 N–H and O–H groups in total. The molecule has 0 atom stereocenters. The largest absolute Gasteiger partial charge is 0.380 e. The Labute approximate surface area is 127 Å². The number of hydrogen-bond donors (Lipinski definition) is 1. The monoisotopic (exact) mass is 299 g/mol. The third kappa shape index (κ3) is 8.70. The molecular formula is C15H29N3O3. The molecule has 6 nitrogen and oxygen atoms in total. The predicted molar refractivity (Wildman–Crippen MR) is 83.8 cm³/mol. The second-order valence-corrected chi connectivity index (χ2v) is 4.92. The molecule has 21 heavy (non-hydrogen) atoms. The Kier molecular flexibility index (Phi) is 9.86. The first-order chi connectivity index (χ1) is 10.2. The Morgan fingerprint density at radius 2 is 1.67 bits per heavy atom. The fraction of sp³-hybridized carbons (Fsp3) is 0.800. The molecule has 0 radical (unpaired) electrons. The molecule has 0 aromatic carbocycles. The van der Waals surface area contributed by atoms with Crippen molar-refractivity contribution < 1.29 is 14.2 Å². The lowest BCUT2D eigenvalue weighted by atomic mass is 10.4. The highest BCUT2D eigenvalue weighted by atomic mass is 16.5. The molecule has 0 aliphatic carbocycles. The van der Waals surface area contributed by atoms with E-state index in [-0.39, 0.29) is 0 Å². The van der Waals surface area contributed by atoms with Crippen LogP contribution in [0.3, 0.4) is 0 Å². The number of aryl methyl sites for hydroxylation is 2. The Morgan fingerprint density at radius 1 is 1.05 bits per heavy atom. The van der Waals surface area contributed by atoms with Gasteiger partial charge < -0.3 is 19.5 Å². The van der Waals surface area contributed by atoms with Crippen molar-refractivity contribution in [3.8, 4) is 0 Å². The van der Waals surface area contributed by atoms with Crippen molar-refractivity contribution in [2.75, 3.05) is 51.5 Å². The number of nitrogens with one attached hydrogen (secondary N) is 1. The van der Waals surface area contributed by atoms with E-state index in [1.807, 2.05) is 20.2 Å². The second-order valence-electron chi connectivity index (χ2n) is 4.92. The maximum Gasteiger partial charge on any atom is 0.0824 e. The van der Waals surface area contributed by atoms with E-state index < -0.39 is 0 Å². The highest BCUT2D eigenvalue weighted by Gasteiger charge is 2.01. The smallest absolute Gasteiger partial charge is 0.0824 e. The summed E-state index contributed by atoms with van der Waals surface area (Å²) in [7, 11) is 1.91. The molecular weight excluding hydrogens is 270 g/mol. The Hall–Kier alpha value is -1.11. The van der Waals surface area contributed by atoms with Crippen LogP contribution in [0.25, 0.3) is 0 Å². The van der Waals surface area contributed by atoms with Gasteiger partial charge in [-0.25, -0.2) is 0 Å². The molecule has 6 heteroatoms. The normalized spacial score (nSPS) is 11.0. The highest BCUT2D eigenvalue weighted by Crippen LogP contribution is 2.10. The SMILES string of the molecule is CCCCOCCOCCOCCNc1cn(C)nc1C. The number of anilines is 1. The average Bonchev–Trinajstić information content (AvgIpc) is 2.78. The van der Waals surface area contributed by atoms with Crippen molar-refractivity contribution in [1.82, 2.24) is 9.78 Å². The zero-order valence-electron chi connectivity index (χ0n) is 13.6. The van der Waals surface area contributed by atoms with E-state index in [2.05, 4.69) is 17.3 Å². The highest BCUT2D eigenvalue weighted by molar-refractivity contribution is 5.45. The minimum atomic E-state index is 0.614. The van der Waals surface area contributed by atoms with Crippen molar-refractivity contribution in [2.24, 2.45) is 7.05 Å². The van der Waals surface area contributed by atoms with Crippen LogP contribution in [0, 0.1) is 6.92 Å². The van der Waals surface area contributed by atoms with Crippen LogP contribution in [-0.4, -0.2) is 56.0 Å². The van der Waals surface area contributed by atoms with E-state index in [1.165, 1.54) is 6.42 Å². The molecule has 1 aromatic rings. The van der Waals surface area contributed by atoms with Gasteiger partial charge in [0.25, 0.3) is 0 Å². The molecule has 0 saturated carbocycles. The predicted octanol–water partition coefficient (Wildman–Crippen LogP) is 1.99. The Morgan fingerprint density at radius 3 is 2.24 bits per heavy atom. The van der Waals surface area contributed by atoms with E-state index in [0.29, 0.717) is 33.0 Å². The number of ether oxygens (including phenoxy) is 3. The van der Waals surface area contributed by atoms with Gasteiger partial charge in [0.1, 0.15) is 0 Å². The van der Waals surface area contributed by atoms with E-state index in [9.17, 15) is 0 Å². The van der Waals surface area contributed by atoms with Gasteiger partial charge in [0, 0.05) is 26.4 Å². The fourth-order valence-corrected chi connectivity index (χ4v) is 1.82. The van der Waals surface area contributed by atoms with E-state index in [1.54, 1.807) is 4.68 Å². The first kappa shape index (κ1) is 17.9. The van der Waals surface area contributed by atoms with Crippen molar-refractivity contribution in [1.29, 1.82) is 0 Å². The molecule has 0 aliphatic rings. The topological polar surface area (TPSA) is 57.5 Å². The maximum absolute atomic E-state index is 5.49. The van der Waals surface area contributed by atoms with E-state index >= 15 is 0 Å². The first-order valence-electron chi connectivity index (χ1n) is 7.71. The van der Waals surface area contributed by atoms with Crippen LogP contribution in [0.5, 0.6) is 0 Å². The lowest BCUT2D eigenvalue weighted by Crippen LogP contribution is -2.14. The summed E-state index contributed by atoms with van der Waals surface area (Å²) in [6, 6.07) is 0. The Bertz CT molecular complexity index is 369. The third-order valence-electron chi connectivity index (χ3n) is 2.96. The number of hydrogen-bond acceptors (Lipinski definition) is 5. The maximum atomic E-state index is 5.49. The quantitative estimate of drug-likeness (QED) is 0.565. The second kappa shape index (κ2) is 11.5. The van der Waals surface area contributed by atoms with Gasteiger partial charge in [-0.3, -0.25) is 4.68 Å². The third-order valence-corrected chi connectivity index (χ3v) is 2.96. The minimum Gasteiger partial charge on any atom is -0.380 e. The van der Waals surface area contributed by atoms with Gasteiger partial charge in [0.05, 0.1) is 44.4 Å². The van der Waals surface area contributed by atoms with Crippen LogP contribution in [0.1, 0.15) is 25.5 Å². The van der Waals surface area contributed by atoms with Crippen LogP contribution in [0.4, 0.5) is 5.69 Å².